The van der Waals surface area contributed by atoms with E-state index in [1.54, 1.807) is 11.3 Å². The van der Waals surface area contributed by atoms with Crippen LogP contribution in [0.4, 0.5) is 10.9 Å². The predicted molar refractivity (Wildman–Crippen MR) is 161 cm³/mol. The largest absolute Gasteiger partial charge is 0.453 e. The number of aromatic nitrogens is 2. The maximum atomic E-state index is 6.25. The van der Waals surface area contributed by atoms with Gasteiger partial charge in [0.15, 0.2) is 16.7 Å². The van der Waals surface area contributed by atoms with Crippen molar-refractivity contribution in [1.82, 2.24) is 15.3 Å². The van der Waals surface area contributed by atoms with Gasteiger partial charge in [0, 0.05) is 22.2 Å². The molecule has 2 N–H and O–H groups in total. The number of thiazole rings is 1. The van der Waals surface area contributed by atoms with Gasteiger partial charge in [0.25, 0.3) is 0 Å². The van der Waals surface area contributed by atoms with Crippen molar-refractivity contribution in [1.29, 1.82) is 0 Å². The monoisotopic (exact) mass is 574 g/mol. The van der Waals surface area contributed by atoms with Crippen LogP contribution in [0.2, 0.25) is 0 Å². The maximum absolute atomic E-state index is 6.25. The van der Waals surface area contributed by atoms with Crippen molar-refractivity contribution in [3.8, 4) is 11.5 Å². The quantitative estimate of drug-likeness (QED) is 0.188. The molecule has 2 aromatic carbocycles. The number of thioether (sulfide) groups is 1. The Hall–Kier alpha value is -2.29. The molecule has 0 amide bonds. The molecule has 1 saturated heterocycles. The lowest BCUT2D eigenvalue weighted by Gasteiger charge is -2.22. The van der Waals surface area contributed by atoms with E-state index in [9.17, 15) is 0 Å². The van der Waals surface area contributed by atoms with Gasteiger partial charge in [0.2, 0.25) is 0 Å². The molecule has 0 atom stereocenters. The van der Waals surface area contributed by atoms with Crippen molar-refractivity contribution in [3.63, 3.8) is 0 Å². The van der Waals surface area contributed by atoms with Crippen molar-refractivity contribution in [3.05, 3.63) is 89.6 Å². The fourth-order valence-electron chi connectivity index (χ4n) is 4.05. The smallest absolute Gasteiger partial charge is 0.188 e. The molecule has 5 rings (SSSR count). The summed E-state index contributed by atoms with van der Waals surface area (Å²) in [4.78, 5) is 10.7. The van der Waals surface area contributed by atoms with E-state index in [1.807, 2.05) is 54.4 Å². The lowest BCUT2D eigenvalue weighted by Crippen LogP contribution is -2.28. The van der Waals surface area contributed by atoms with Gasteiger partial charge in [-0.3, -0.25) is 0 Å². The van der Waals surface area contributed by atoms with Gasteiger partial charge in [-0.1, -0.05) is 48.5 Å². The molecule has 0 radical (unpaired) electrons. The van der Waals surface area contributed by atoms with Crippen molar-refractivity contribution < 1.29 is 4.74 Å². The molecule has 0 aliphatic carbocycles. The van der Waals surface area contributed by atoms with Crippen LogP contribution in [0, 0.1) is 5.92 Å². The molecule has 2 aromatic heterocycles. The molecule has 0 unspecified atom stereocenters. The van der Waals surface area contributed by atoms with Gasteiger partial charge in [0.05, 0.1) is 5.69 Å². The van der Waals surface area contributed by atoms with Crippen LogP contribution >= 0.6 is 47.9 Å². The maximum Gasteiger partial charge on any atom is 0.188 e. The zero-order valence-electron chi connectivity index (χ0n) is 20.5. The van der Waals surface area contributed by atoms with E-state index in [1.165, 1.54) is 18.4 Å². The van der Waals surface area contributed by atoms with Gasteiger partial charge in [-0.25, -0.2) is 9.97 Å². The molecule has 37 heavy (non-hydrogen) atoms. The van der Waals surface area contributed by atoms with Gasteiger partial charge in [-0.15, -0.1) is 47.9 Å². The molecule has 0 saturated carbocycles. The van der Waals surface area contributed by atoms with E-state index in [-0.39, 0.29) is 24.8 Å². The summed E-state index contributed by atoms with van der Waals surface area (Å²) in [5.41, 5.74) is 2.41. The number of benzene rings is 2. The standard InChI is InChI=1S/C28H30N4OS2.2ClH/c1-3-7-21(8-4-1)11-12-23-20-35-28(31-23)32-27-26(33-24-9-5-2-6-10-24)17-25(18-30-27)34-19-22-13-15-29-16-14-22;;/h1-10,17-18,20,22,29H,11-16,19H2,(H,30,31,32);2*1H. The van der Waals surface area contributed by atoms with E-state index >= 15 is 0 Å². The Kier molecular flexibility index (Phi) is 12.0. The summed E-state index contributed by atoms with van der Waals surface area (Å²) in [5, 5.41) is 9.79. The molecule has 3 heterocycles. The number of rotatable bonds is 10. The highest BCUT2D eigenvalue weighted by Gasteiger charge is 2.15. The molecule has 5 nitrogen and oxygen atoms in total. The Bertz CT molecular complexity index is 1210. The van der Waals surface area contributed by atoms with E-state index in [4.69, 9.17) is 14.7 Å². The molecule has 1 aliphatic heterocycles. The second-order valence-corrected chi connectivity index (χ2v) is 10.6. The van der Waals surface area contributed by atoms with E-state index in [2.05, 4.69) is 46.3 Å². The Morgan fingerprint density at radius 1 is 0.973 bits per heavy atom. The highest BCUT2D eigenvalue weighted by atomic mass is 35.5. The third kappa shape index (κ3) is 8.90. The van der Waals surface area contributed by atoms with Crippen LogP contribution in [0.5, 0.6) is 11.5 Å². The first kappa shape index (κ1) is 29.3. The summed E-state index contributed by atoms with van der Waals surface area (Å²) >= 11 is 3.46. The van der Waals surface area contributed by atoms with Gasteiger partial charge in [-0.05, 0) is 68.5 Å². The predicted octanol–water partition coefficient (Wildman–Crippen LogP) is 7.79. The number of hydrogen-bond acceptors (Lipinski definition) is 7. The number of aryl methyl sites for hydroxylation is 2. The van der Waals surface area contributed by atoms with E-state index in [0.717, 1.165) is 59.1 Å². The molecule has 1 fully saturated rings. The minimum atomic E-state index is 0. The number of piperidine rings is 1. The number of anilines is 2. The van der Waals surface area contributed by atoms with Gasteiger partial charge < -0.3 is 15.4 Å². The Labute approximate surface area is 239 Å². The Balaban J connectivity index is 0.00000190. The topological polar surface area (TPSA) is 59.1 Å². The van der Waals surface area contributed by atoms with E-state index < -0.39 is 0 Å². The van der Waals surface area contributed by atoms with Crippen molar-refractivity contribution >= 4 is 58.9 Å². The van der Waals surface area contributed by atoms with Gasteiger partial charge >= 0.3 is 0 Å². The average Bonchev–Trinajstić information content (AvgIpc) is 3.37. The second kappa shape index (κ2) is 15.2. The molecule has 4 aromatic rings. The van der Waals surface area contributed by atoms with Gasteiger partial charge in [-0.2, -0.15) is 0 Å². The molecular formula is C28H32Cl2N4OS2. The van der Waals surface area contributed by atoms with Crippen LogP contribution in [-0.2, 0) is 12.8 Å². The fraction of sp³-hybridized carbons (Fsp3) is 0.286. The summed E-state index contributed by atoms with van der Waals surface area (Å²) in [6.07, 6.45) is 6.31. The minimum Gasteiger partial charge on any atom is -0.453 e. The average molecular weight is 576 g/mol. The zero-order chi connectivity index (χ0) is 23.7. The Morgan fingerprint density at radius 3 is 2.46 bits per heavy atom. The molecule has 196 valence electrons. The number of hydrogen-bond donors (Lipinski definition) is 2. The van der Waals surface area contributed by atoms with Crippen LogP contribution in [0.25, 0.3) is 0 Å². The Morgan fingerprint density at radius 2 is 1.70 bits per heavy atom. The van der Waals surface area contributed by atoms with Crippen LogP contribution < -0.4 is 15.4 Å². The molecule has 0 spiro atoms. The number of pyridine rings is 1. The number of ether oxygens (including phenoxy) is 1. The normalized spacial score (nSPS) is 13.3. The summed E-state index contributed by atoms with van der Waals surface area (Å²) < 4.78 is 6.25. The molecule has 0 bridgehead atoms. The molecular weight excluding hydrogens is 543 g/mol. The highest BCUT2D eigenvalue weighted by Crippen LogP contribution is 2.35. The van der Waals surface area contributed by atoms with Gasteiger partial charge in [0.1, 0.15) is 5.75 Å². The minimum absolute atomic E-state index is 0. The first-order valence-corrected chi connectivity index (χ1v) is 14.0. The lowest BCUT2D eigenvalue weighted by molar-refractivity contribution is 0.408. The van der Waals surface area contributed by atoms with Crippen molar-refractivity contribution in [2.24, 2.45) is 5.92 Å². The second-order valence-electron chi connectivity index (χ2n) is 8.69. The van der Waals surface area contributed by atoms with Crippen LogP contribution in [0.15, 0.2) is 83.2 Å². The first-order valence-electron chi connectivity index (χ1n) is 12.1. The number of nitrogens with one attached hydrogen (secondary N) is 2. The summed E-state index contributed by atoms with van der Waals surface area (Å²) in [6.45, 7) is 2.24. The highest BCUT2D eigenvalue weighted by molar-refractivity contribution is 7.99. The number of para-hydroxylation sites is 1. The third-order valence-corrected chi connectivity index (χ3v) is 8.03. The van der Waals surface area contributed by atoms with Crippen LogP contribution in [0.1, 0.15) is 24.1 Å². The van der Waals surface area contributed by atoms with E-state index in [0.29, 0.717) is 11.6 Å². The molecule has 1 aliphatic rings. The summed E-state index contributed by atoms with van der Waals surface area (Å²) in [7, 11) is 0. The van der Waals surface area contributed by atoms with Crippen LogP contribution in [0.3, 0.4) is 0 Å². The zero-order valence-corrected chi connectivity index (χ0v) is 23.7. The number of halogens is 2. The van der Waals surface area contributed by atoms with Crippen molar-refractivity contribution in [2.75, 3.05) is 24.2 Å². The van der Waals surface area contributed by atoms with Crippen molar-refractivity contribution in [2.45, 2.75) is 30.6 Å². The SMILES string of the molecule is Cl.Cl.c1ccc(CCc2csc(Nc3ncc(SCC4CCNCC4)cc3Oc3ccccc3)n2)cc1. The lowest BCUT2D eigenvalue weighted by atomic mass is 10.0. The summed E-state index contributed by atoms with van der Waals surface area (Å²) in [5.74, 6) is 4.05. The number of nitrogens with zero attached hydrogens (tertiary/aromatic N) is 2. The fourth-order valence-corrected chi connectivity index (χ4v) is 5.88. The third-order valence-electron chi connectivity index (χ3n) is 6.03. The van der Waals surface area contributed by atoms with Crippen LogP contribution in [-0.4, -0.2) is 28.8 Å². The first-order chi connectivity index (χ1) is 17.3. The summed E-state index contributed by atoms with van der Waals surface area (Å²) in [6, 6.07) is 22.5. The molecule has 9 heteroatoms.